The van der Waals surface area contributed by atoms with E-state index in [1.807, 2.05) is 12.1 Å². The first-order valence-electron chi connectivity index (χ1n) is 6.02. The summed E-state index contributed by atoms with van der Waals surface area (Å²) >= 11 is 0. The highest BCUT2D eigenvalue weighted by Gasteiger charge is 2.33. The predicted molar refractivity (Wildman–Crippen MR) is 71.9 cm³/mol. The van der Waals surface area contributed by atoms with Crippen LogP contribution in [0, 0.1) is 0 Å². The zero-order chi connectivity index (χ0) is 14.6. The topological polar surface area (TPSA) is 21.3 Å². The van der Waals surface area contributed by atoms with Gasteiger partial charge in [0, 0.05) is 18.4 Å². The Kier molecular flexibility index (Phi) is 4.29. The highest BCUT2D eigenvalue weighted by molar-refractivity contribution is 5.66. The van der Waals surface area contributed by atoms with E-state index in [1.54, 1.807) is 25.3 Å². The lowest BCUT2D eigenvalue weighted by Crippen LogP contribution is -2.09. The molecule has 106 valence electrons. The number of rotatable bonds is 4. The maximum Gasteiger partial charge on any atom is 0.418 e. The molecule has 0 aromatic heterocycles. The van der Waals surface area contributed by atoms with Crippen LogP contribution in [0.3, 0.4) is 0 Å². The molecule has 0 amide bonds. The van der Waals surface area contributed by atoms with Crippen molar-refractivity contribution >= 4 is 11.4 Å². The number of ether oxygens (including phenoxy) is 1. The molecule has 5 heteroatoms. The second-order valence-electron chi connectivity index (χ2n) is 4.26. The van der Waals surface area contributed by atoms with E-state index in [4.69, 9.17) is 4.74 Å². The molecule has 20 heavy (non-hydrogen) atoms. The molecule has 1 N–H and O–H groups in total. The van der Waals surface area contributed by atoms with E-state index in [1.165, 1.54) is 12.1 Å². The third kappa shape index (κ3) is 3.30. The van der Waals surface area contributed by atoms with E-state index in [2.05, 4.69) is 5.32 Å². The lowest BCUT2D eigenvalue weighted by molar-refractivity contribution is -0.136. The molecule has 2 aromatic rings. The second kappa shape index (κ2) is 5.96. The zero-order valence-corrected chi connectivity index (χ0v) is 10.9. The maximum absolute atomic E-state index is 12.9. The SMILES string of the molecule is COCc1ccccc1Nc1ccccc1C(F)(F)F. The van der Waals surface area contributed by atoms with Gasteiger partial charge in [-0.05, 0) is 18.2 Å². The van der Waals surface area contributed by atoms with Crippen molar-refractivity contribution in [3.05, 3.63) is 59.7 Å². The first-order chi connectivity index (χ1) is 9.52. The van der Waals surface area contributed by atoms with E-state index in [0.717, 1.165) is 11.6 Å². The van der Waals surface area contributed by atoms with Crippen LogP contribution in [0.5, 0.6) is 0 Å². The summed E-state index contributed by atoms with van der Waals surface area (Å²) in [6, 6.07) is 12.5. The third-order valence-electron chi connectivity index (χ3n) is 2.82. The van der Waals surface area contributed by atoms with E-state index in [9.17, 15) is 13.2 Å². The number of para-hydroxylation sites is 2. The molecule has 0 radical (unpaired) electrons. The summed E-state index contributed by atoms with van der Waals surface area (Å²) < 4.78 is 43.8. The van der Waals surface area contributed by atoms with Crippen LogP contribution in [0.15, 0.2) is 48.5 Å². The van der Waals surface area contributed by atoms with Crippen molar-refractivity contribution < 1.29 is 17.9 Å². The molecule has 0 spiro atoms. The molecule has 0 saturated heterocycles. The Bertz CT molecular complexity index is 581. The van der Waals surface area contributed by atoms with Gasteiger partial charge >= 0.3 is 6.18 Å². The lowest BCUT2D eigenvalue weighted by Gasteiger charge is -2.16. The average Bonchev–Trinajstić information content (AvgIpc) is 2.41. The molecule has 0 atom stereocenters. The van der Waals surface area contributed by atoms with Crippen LogP contribution in [-0.4, -0.2) is 7.11 Å². The minimum atomic E-state index is -4.39. The second-order valence-corrected chi connectivity index (χ2v) is 4.26. The smallest absolute Gasteiger partial charge is 0.380 e. The minimum Gasteiger partial charge on any atom is -0.380 e. The molecular weight excluding hydrogens is 267 g/mol. The van der Waals surface area contributed by atoms with Crippen molar-refractivity contribution in [3.8, 4) is 0 Å². The van der Waals surface area contributed by atoms with Crippen molar-refractivity contribution in [2.45, 2.75) is 12.8 Å². The fourth-order valence-electron chi connectivity index (χ4n) is 1.91. The molecular formula is C15H14F3NO. The normalized spacial score (nSPS) is 11.4. The number of methoxy groups -OCH3 is 1. The average molecular weight is 281 g/mol. The van der Waals surface area contributed by atoms with Crippen LogP contribution >= 0.6 is 0 Å². The van der Waals surface area contributed by atoms with Crippen LogP contribution in [0.1, 0.15) is 11.1 Å². The molecule has 0 unspecified atom stereocenters. The minimum absolute atomic E-state index is 0.0311. The van der Waals surface area contributed by atoms with E-state index < -0.39 is 11.7 Å². The highest BCUT2D eigenvalue weighted by Crippen LogP contribution is 2.36. The quantitative estimate of drug-likeness (QED) is 0.884. The van der Waals surface area contributed by atoms with Gasteiger partial charge in [-0.25, -0.2) is 0 Å². The molecule has 2 aromatic carbocycles. The summed E-state index contributed by atoms with van der Waals surface area (Å²) in [5.41, 5.74) is 0.744. The molecule has 0 aliphatic carbocycles. The summed E-state index contributed by atoms with van der Waals surface area (Å²) in [5.74, 6) is 0. The van der Waals surface area contributed by atoms with Gasteiger partial charge in [0.1, 0.15) is 0 Å². The molecule has 0 fully saturated rings. The molecule has 2 rings (SSSR count). The van der Waals surface area contributed by atoms with Crippen LogP contribution in [-0.2, 0) is 17.5 Å². The van der Waals surface area contributed by atoms with Gasteiger partial charge in [0.15, 0.2) is 0 Å². The summed E-state index contributed by atoms with van der Waals surface area (Å²) in [6.07, 6.45) is -4.39. The maximum atomic E-state index is 12.9. The molecule has 0 aliphatic heterocycles. The Hall–Kier alpha value is -2.01. The Labute approximate surface area is 115 Å². The predicted octanol–water partition coefficient (Wildman–Crippen LogP) is 4.60. The monoisotopic (exact) mass is 281 g/mol. The molecule has 0 bridgehead atoms. The fourth-order valence-corrected chi connectivity index (χ4v) is 1.91. The summed E-state index contributed by atoms with van der Waals surface area (Å²) in [6.45, 7) is 0.331. The molecule has 0 aliphatic rings. The molecule has 2 nitrogen and oxygen atoms in total. The number of alkyl halides is 3. The van der Waals surface area contributed by atoms with Gasteiger partial charge in [-0.2, -0.15) is 13.2 Å². The van der Waals surface area contributed by atoms with Gasteiger partial charge in [0.2, 0.25) is 0 Å². The number of nitrogens with one attached hydrogen (secondary N) is 1. The molecule has 0 heterocycles. The van der Waals surface area contributed by atoms with Gasteiger partial charge in [-0.1, -0.05) is 30.3 Å². The number of anilines is 2. The van der Waals surface area contributed by atoms with E-state index >= 15 is 0 Å². The Balaban J connectivity index is 2.36. The van der Waals surface area contributed by atoms with Crippen LogP contribution in [0.25, 0.3) is 0 Å². The zero-order valence-electron chi connectivity index (χ0n) is 10.9. The van der Waals surface area contributed by atoms with Crippen LogP contribution in [0.2, 0.25) is 0 Å². The number of halogens is 3. The Morgan fingerprint density at radius 1 is 0.950 bits per heavy atom. The largest absolute Gasteiger partial charge is 0.418 e. The van der Waals surface area contributed by atoms with E-state index in [0.29, 0.717) is 12.3 Å². The number of hydrogen-bond donors (Lipinski definition) is 1. The first kappa shape index (κ1) is 14.4. The Morgan fingerprint density at radius 3 is 2.20 bits per heavy atom. The van der Waals surface area contributed by atoms with Crippen molar-refractivity contribution in [2.24, 2.45) is 0 Å². The van der Waals surface area contributed by atoms with E-state index in [-0.39, 0.29) is 5.69 Å². The highest BCUT2D eigenvalue weighted by atomic mass is 19.4. The summed E-state index contributed by atoms with van der Waals surface area (Å²) in [5, 5.41) is 2.83. The standard InChI is InChI=1S/C15H14F3NO/c1-20-10-11-6-2-4-8-13(11)19-14-9-5-3-7-12(14)15(16,17)18/h2-9,19H,10H2,1H3. The van der Waals surface area contributed by atoms with Gasteiger partial charge < -0.3 is 10.1 Å². The fraction of sp³-hybridized carbons (Fsp3) is 0.200. The van der Waals surface area contributed by atoms with Crippen molar-refractivity contribution in [1.29, 1.82) is 0 Å². The lowest BCUT2D eigenvalue weighted by atomic mass is 10.1. The number of hydrogen-bond acceptors (Lipinski definition) is 2. The van der Waals surface area contributed by atoms with Crippen molar-refractivity contribution in [1.82, 2.24) is 0 Å². The summed E-state index contributed by atoms with van der Waals surface area (Å²) in [7, 11) is 1.54. The van der Waals surface area contributed by atoms with Crippen molar-refractivity contribution in [2.75, 3.05) is 12.4 Å². The van der Waals surface area contributed by atoms with Crippen LogP contribution < -0.4 is 5.32 Å². The summed E-state index contributed by atoms with van der Waals surface area (Å²) in [4.78, 5) is 0. The molecule has 0 saturated carbocycles. The Morgan fingerprint density at radius 2 is 1.55 bits per heavy atom. The number of benzene rings is 2. The van der Waals surface area contributed by atoms with Crippen LogP contribution in [0.4, 0.5) is 24.5 Å². The van der Waals surface area contributed by atoms with Crippen molar-refractivity contribution in [3.63, 3.8) is 0 Å². The van der Waals surface area contributed by atoms with Gasteiger partial charge in [0.25, 0.3) is 0 Å². The first-order valence-corrected chi connectivity index (χ1v) is 6.02. The van der Waals surface area contributed by atoms with Gasteiger partial charge in [-0.15, -0.1) is 0 Å². The van der Waals surface area contributed by atoms with Gasteiger partial charge in [-0.3, -0.25) is 0 Å². The third-order valence-corrected chi connectivity index (χ3v) is 2.82. The van der Waals surface area contributed by atoms with Gasteiger partial charge in [0.05, 0.1) is 17.9 Å².